The molecule has 2 heteroatoms. The van der Waals surface area contributed by atoms with Crippen LogP contribution in [0.3, 0.4) is 0 Å². The van der Waals surface area contributed by atoms with Crippen LogP contribution >= 0.6 is 0 Å². The van der Waals surface area contributed by atoms with E-state index in [-0.39, 0.29) is 6.04 Å². The molecule has 0 N–H and O–H groups in total. The Morgan fingerprint density at radius 3 is 2.47 bits per heavy atom. The molecular weight excluding hydrogens is 186 g/mol. The molecule has 1 unspecified atom stereocenters. The summed E-state index contributed by atoms with van der Waals surface area (Å²) in [6.45, 7) is 2.17. The highest BCUT2D eigenvalue weighted by molar-refractivity contribution is 5.79. The Kier molecular flexibility index (Phi) is 8.04. The van der Waals surface area contributed by atoms with E-state index in [0.717, 1.165) is 12.8 Å². The lowest BCUT2D eigenvalue weighted by molar-refractivity contribution is -0.119. The Labute approximate surface area is 94.0 Å². The van der Waals surface area contributed by atoms with Crippen molar-refractivity contribution in [3.05, 3.63) is 0 Å². The SMILES string of the molecule is C#CC(CC(=O)CCCCCC)N(C)C. The smallest absolute Gasteiger partial charge is 0.135 e. The zero-order valence-electron chi connectivity index (χ0n) is 10.3. The fourth-order valence-electron chi connectivity index (χ4n) is 1.46. The number of hydrogen-bond donors (Lipinski definition) is 0. The van der Waals surface area contributed by atoms with E-state index in [4.69, 9.17) is 6.42 Å². The van der Waals surface area contributed by atoms with Crippen LogP contribution in [0.1, 0.15) is 45.4 Å². The van der Waals surface area contributed by atoms with Gasteiger partial charge in [-0.1, -0.05) is 32.1 Å². The maximum absolute atomic E-state index is 11.6. The number of terminal acetylenes is 1. The molecule has 2 nitrogen and oxygen atoms in total. The predicted octanol–water partition coefficient (Wildman–Crippen LogP) is 2.48. The maximum atomic E-state index is 11.6. The lowest BCUT2D eigenvalue weighted by atomic mass is 10.0. The van der Waals surface area contributed by atoms with Gasteiger partial charge in [0, 0.05) is 12.8 Å². The third-order valence-corrected chi connectivity index (χ3v) is 2.55. The van der Waals surface area contributed by atoms with Gasteiger partial charge in [-0.25, -0.2) is 0 Å². The van der Waals surface area contributed by atoms with Crippen LogP contribution in [-0.2, 0) is 4.79 Å². The summed E-state index contributed by atoms with van der Waals surface area (Å²) in [6.07, 6.45) is 11.1. The van der Waals surface area contributed by atoms with Crippen molar-refractivity contribution in [2.75, 3.05) is 14.1 Å². The Morgan fingerprint density at radius 1 is 1.33 bits per heavy atom. The molecule has 0 aromatic heterocycles. The van der Waals surface area contributed by atoms with Gasteiger partial charge in [0.1, 0.15) is 5.78 Å². The van der Waals surface area contributed by atoms with Crippen LogP contribution in [-0.4, -0.2) is 30.8 Å². The summed E-state index contributed by atoms with van der Waals surface area (Å²) in [6, 6.07) is -0.0383. The molecule has 0 heterocycles. The average molecular weight is 209 g/mol. The second-order valence-corrected chi connectivity index (χ2v) is 4.20. The average Bonchev–Trinajstić information content (AvgIpc) is 2.20. The number of carbonyl (C=O) groups is 1. The molecule has 0 aliphatic carbocycles. The molecule has 0 spiro atoms. The summed E-state index contributed by atoms with van der Waals surface area (Å²) >= 11 is 0. The van der Waals surface area contributed by atoms with Crippen molar-refractivity contribution >= 4 is 5.78 Å². The van der Waals surface area contributed by atoms with E-state index in [0.29, 0.717) is 18.6 Å². The molecule has 0 rings (SSSR count). The molecule has 0 saturated heterocycles. The van der Waals surface area contributed by atoms with Gasteiger partial charge >= 0.3 is 0 Å². The monoisotopic (exact) mass is 209 g/mol. The number of unbranched alkanes of at least 4 members (excludes halogenated alkanes) is 3. The molecule has 0 aliphatic rings. The van der Waals surface area contributed by atoms with Crippen LogP contribution < -0.4 is 0 Å². The number of nitrogens with zero attached hydrogens (tertiary/aromatic N) is 1. The topological polar surface area (TPSA) is 20.3 Å². The minimum absolute atomic E-state index is 0.0383. The van der Waals surface area contributed by atoms with E-state index in [1.807, 2.05) is 19.0 Å². The number of ketones is 1. The van der Waals surface area contributed by atoms with Crippen molar-refractivity contribution in [2.24, 2.45) is 0 Å². The molecule has 0 fully saturated rings. The van der Waals surface area contributed by atoms with E-state index >= 15 is 0 Å². The van der Waals surface area contributed by atoms with Crippen LogP contribution in [0.2, 0.25) is 0 Å². The van der Waals surface area contributed by atoms with Gasteiger partial charge in [-0.2, -0.15) is 0 Å². The second kappa shape index (κ2) is 8.49. The van der Waals surface area contributed by atoms with Gasteiger partial charge in [0.2, 0.25) is 0 Å². The minimum Gasteiger partial charge on any atom is -0.300 e. The summed E-state index contributed by atoms with van der Waals surface area (Å²) in [7, 11) is 3.82. The molecule has 0 aliphatic heterocycles. The molecule has 0 aromatic rings. The van der Waals surface area contributed by atoms with Crippen LogP contribution in [0, 0.1) is 12.3 Å². The summed E-state index contributed by atoms with van der Waals surface area (Å²) in [5, 5.41) is 0. The second-order valence-electron chi connectivity index (χ2n) is 4.20. The normalized spacial score (nSPS) is 12.5. The third-order valence-electron chi connectivity index (χ3n) is 2.55. The van der Waals surface area contributed by atoms with E-state index in [2.05, 4.69) is 12.8 Å². The standard InChI is InChI=1S/C13H23NO/c1-5-7-8-9-10-13(15)11-12(6-2)14(3)4/h2,12H,5,7-11H2,1,3-4H3. The van der Waals surface area contributed by atoms with Gasteiger partial charge in [-0.15, -0.1) is 6.42 Å². The third kappa shape index (κ3) is 7.16. The quantitative estimate of drug-likeness (QED) is 0.452. The molecule has 15 heavy (non-hydrogen) atoms. The van der Waals surface area contributed by atoms with Gasteiger partial charge in [0.25, 0.3) is 0 Å². The molecule has 0 bridgehead atoms. The summed E-state index contributed by atoms with van der Waals surface area (Å²) < 4.78 is 0. The molecule has 86 valence electrons. The summed E-state index contributed by atoms with van der Waals surface area (Å²) in [4.78, 5) is 13.5. The predicted molar refractivity (Wildman–Crippen MR) is 64.7 cm³/mol. The van der Waals surface area contributed by atoms with E-state index in [9.17, 15) is 4.79 Å². The van der Waals surface area contributed by atoms with Crippen molar-refractivity contribution in [1.82, 2.24) is 4.90 Å². The first-order valence-electron chi connectivity index (χ1n) is 5.76. The number of hydrogen-bond acceptors (Lipinski definition) is 2. The molecule has 0 aromatic carbocycles. The first-order valence-corrected chi connectivity index (χ1v) is 5.76. The van der Waals surface area contributed by atoms with Gasteiger partial charge in [0.05, 0.1) is 6.04 Å². The van der Waals surface area contributed by atoms with Crippen molar-refractivity contribution < 1.29 is 4.79 Å². The highest BCUT2D eigenvalue weighted by atomic mass is 16.1. The van der Waals surface area contributed by atoms with Crippen LogP contribution in [0.5, 0.6) is 0 Å². The molecule has 1 atom stereocenters. The first-order chi connectivity index (χ1) is 7.11. The van der Waals surface area contributed by atoms with Gasteiger partial charge in [-0.05, 0) is 20.5 Å². The van der Waals surface area contributed by atoms with Gasteiger partial charge in [0.15, 0.2) is 0 Å². The largest absolute Gasteiger partial charge is 0.300 e. The molecule has 0 saturated carbocycles. The van der Waals surface area contributed by atoms with Crippen LogP contribution in [0.15, 0.2) is 0 Å². The number of rotatable bonds is 8. The maximum Gasteiger partial charge on any atom is 0.135 e. The first kappa shape index (κ1) is 14.2. The van der Waals surface area contributed by atoms with Crippen molar-refractivity contribution in [3.63, 3.8) is 0 Å². The Hall–Kier alpha value is -0.810. The lowest BCUT2D eigenvalue weighted by Gasteiger charge is -2.17. The number of Topliss-reactive ketones (excluding diaryl/α,β-unsaturated/α-hetero) is 1. The van der Waals surface area contributed by atoms with Crippen molar-refractivity contribution in [2.45, 2.75) is 51.5 Å². The lowest BCUT2D eigenvalue weighted by Crippen LogP contribution is -2.28. The summed E-state index contributed by atoms with van der Waals surface area (Å²) in [5.41, 5.74) is 0. The Balaban J connectivity index is 3.68. The van der Waals surface area contributed by atoms with Gasteiger partial charge < -0.3 is 0 Å². The fourth-order valence-corrected chi connectivity index (χ4v) is 1.46. The van der Waals surface area contributed by atoms with E-state index in [1.165, 1.54) is 12.8 Å². The Morgan fingerprint density at radius 2 is 2.00 bits per heavy atom. The van der Waals surface area contributed by atoms with Crippen molar-refractivity contribution in [1.29, 1.82) is 0 Å². The fraction of sp³-hybridized carbons (Fsp3) is 0.769. The molecular formula is C13H23NO. The summed E-state index contributed by atoms with van der Waals surface area (Å²) in [5.74, 6) is 2.93. The minimum atomic E-state index is -0.0383. The molecule has 0 radical (unpaired) electrons. The highest BCUT2D eigenvalue weighted by Gasteiger charge is 2.12. The zero-order chi connectivity index (χ0) is 11.7. The Bertz CT molecular complexity index is 215. The number of carbonyl (C=O) groups excluding carboxylic acids is 1. The van der Waals surface area contributed by atoms with E-state index in [1.54, 1.807) is 0 Å². The van der Waals surface area contributed by atoms with Gasteiger partial charge in [-0.3, -0.25) is 9.69 Å². The molecule has 0 amide bonds. The van der Waals surface area contributed by atoms with Crippen LogP contribution in [0.25, 0.3) is 0 Å². The van der Waals surface area contributed by atoms with Crippen molar-refractivity contribution in [3.8, 4) is 12.3 Å². The van der Waals surface area contributed by atoms with E-state index < -0.39 is 0 Å². The highest BCUT2D eigenvalue weighted by Crippen LogP contribution is 2.07. The van der Waals surface area contributed by atoms with Crippen LogP contribution in [0.4, 0.5) is 0 Å². The zero-order valence-corrected chi connectivity index (χ0v) is 10.3.